The van der Waals surface area contributed by atoms with Crippen LogP contribution in [0.15, 0.2) is 24.3 Å². The summed E-state index contributed by atoms with van der Waals surface area (Å²) in [6, 6.07) is 6.59. The third-order valence-corrected chi connectivity index (χ3v) is 3.49. The lowest BCUT2D eigenvalue weighted by Crippen LogP contribution is -2.40. The van der Waals surface area contributed by atoms with Gasteiger partial charge in [-0.05, 0) is 37.8 Å². The molecule has 1 N–H and O–H groups in total. The standard InChI is InChI=1S/C15H20FNO2/c1-11(14-7-4-10-19-14)17-15(18)9-8-12-5-2-3-6-13(12)16/h2-3,5-6,11,14H,4,7-10H2,1H3,(H,17,18)/t11-,14+/m0/s1. The molecule has 0 aromatic heterocycles. The molecule has 0 saturated carbocycles. The van der Waals surface area contributed by atoms with Gasteiger partial charge in [-0.3, -0.25) is 4.79 Å². The van der Waals surface area contributed by atoms with Crippen molar-refractivity contribution in [1.82, 2.24) is 5.32 Å². The topological polar surface area (TPSA) is 38.3 Å². The van der Waals surface area contributed by atoms with Crippen LogP contribution >= 0.6 is 0 Å². The molecule has 2 atom stereocenters. The molecule has 4 heteroatoms. The van der Waals surface area contributed by atoms with Crippen LogP contribution in [0.2, 0.25) is 0 Å². The van der Waals surface area contributed by atoms with Crippen LogP contribution in [0, 0.1) is 5.82 Å². The first-order valence-corrected chi connectivity index (χ1v) is 6.81. The highest BCUT2D eigenvalue weighted by atomic mass is 19.1. The van der Waals surface area contributed by atoms with Crippen LogP contribution in [0.3, 0.4) is 0 Å². The molecule has 0 radical (unpaired) electrons. The van der Waals surface area contributed by atoms with Gasteiger partial charge in [0.15, 0.2) is 0 Å². The van der Waals surface area contributed by atoms with Crippen LogP contribution in [0.4, 0.5) is 4.39 Å². The zero-order valence-electron chi connectivity index (χ0n) is 11.2. The number of halogens is 1. The number of hydrogen-bond acceptors (Lipinski definition) is 2. The van der Waals surface area contributed by atoms with E-state index in [9.17, 15) is 9.18 Å². The molecule has 1 aliphatic rings. The van der Waals surface area contributed by atoms with Gasteiger partial charge in [0.05, 0.1) is 12.1 Å². The average Bonchev–Trinajstić information content (AvgIpc) is 2.91. The van der Waals surface area contributed by atoms with Crippen LogP contribution in [-0.2, 0) is 16.0 Å². The number of carbonyl (C=O) groups is 1. The minimum absolute atomic E-state index is 0.0237. The summed E-state index contributed by atoms with van der Waals surface area (Å²) in [6.07, 6.45) is 2.90. The zero-order valence-corrected chi connectivity index (χ0v) is 11.2. The highest BCUT2D eigenvalue weighted by Crippen LogP contribution is 2.15. The highest BCUT2D eigenvalue weighted by Gasteiger charge is 2.23. The van der Waals surface area contributed by atoms with E-state index in [0.717, 1.165) is 19.4 Å². The van der Waals surface area contributed by atoms with E-state index in [2.05, 4.69) is 5.32 Å². The fourth-order valence-electron chi connectivity index (χ4n) is 2.37. The fourth-order valence-corrected chi connectivity index (χ4v) is 2.37. The van der Waals surface area contributed by atoms with Crippen molar-refractivity contribution in [1.29, 1.82) is 0 Å². The molecule has 1 aromatic carbocycles. The van der Waals surface area contributed by atoms with E-state index in [4.69, 9.17) is 4.74 Å². The van der Waals surface area contributed by atoms with Gasteiger partial charge in [0.25, 0.3) is 0 Å². The fraction of sp³-hybridized carbons (Fsp3) is 0.533. The molecule has 1 aliphatic heterocycles. The van der Waals surface area contributed by atoms with Crippen LogP contribution in [-0.4, -0.2) is 24.7 Å². The number of aryl methyl sites for hydroxylation is 1. The first-order chi connectivity index (χ1) is 9.16. The molecule has 1 aromatic rings. The molecule has 104 valence electrons. The number of nitrogens with one attached hydrogen (secondary N) is 1. The molecule has 1 saturated heterocycles. The predicted molar refractivity (Wildman–Crippen MR) is 71.3 cm³/mol. The maximum absolute atomic E-state index is 13.4. The summed E-state index contributed by atoms with van der Waals surface area (Å²) in [7, 11) is 0. The Bertz CT molecular complexity index is 430. The van der Waals surface area contributed by atoms with Crippen LogP contribution in [0.25, 0.3) is 0 Å². The maximum Gasteiger partial charge on any atom is 0.220 e. The van der Waals surface area contributed by atoms with Crippen molar-refractivity contribution in [2.75, 3.05) is 6.61 Å². The predicted octanol–water partition coefficient (Wildman–Crippen LogP) is 2.44. The first kappa shape index (κ1) is 14.0. The van der Waals surface area contributed by atoms with Crippen molar-refractivity contribution in [3.8, 4) is 0 Å². The minimum atomic E-state index is -0.248. The third kappa shape index (κ3) is 4.03. The number of ether oxygens (including phenoxy) is 1. The second-order valence-corrected chi connectivity index (χ2v) is 5.00. The molecule has 19 heavy (non-hydrogen) atoms. The van der Waals surface area contributed by atoms with Crippen LogP contribution < -0.4 is 5.32 Å². The van der Waals surface area contributed by atoms with Gasteiger partial charge >= 0.3 is 0 Å². The summed E-state index contributed by atoms with van der Waals surface area (Å²) in [5.74, 6) is -0.297. The van der Waals surface area contributed by atoms with Gasteiger partial charge in [0.1, 0.15) is 5.82 Å². The molecule has 2 rings (SSSR count). The number of rotatable bonds is 5. The van der Waals surface area contributed by atoms with Crippen LogP contribution in [0.1, 0.15) is 31.7 Å². The second kappa shape index (κ2) is 6.66. The Kier molecular flexibility index (Phi) is 4.91. The Hall–Kier alpha value is -1.42. The van der Waals surface area contributed by atoms with Crippen molar-refractivity contribution in [2.45, 2.75) is 44.8 Å². The van der Waals surface area contributed by atoms with Gasteiger partial charge in [-0.15, -0.1) is 0 Å². The molecule has 0 aliphatic carbocycles. The minimum Gasteiger partial charge on any atom is -0.376 e. The Morgan fingerprint density at radius 2 is 2.32 bits per heavy atom. The van der Waals surface area contributed by atoms with Crippen molar-refractivity contribution in [3.05, 3.63) is 35.6 Å². The SMILES string of the molecule is C[C@H](NC(=O)CCc1ccccc1F)[C@H]1CCCO1. The second-order valence-electron chi connectivity index (χ2n) is 5.00. The van der Waals surface area contributed by atoms with Crippen LogP contribution in [0.5, 0.6) is 0 Å². The Morgan fingerprint density at radius 1 is 1.53 bits per heavy atom. The van der Waals surface area contributed by atoms with E-state index in [1.165, 1.54) is 6.07 Å². The normalized spacial score (nSPS) is 20.2. The smallest absolute Gasteiger partial charge is 0.220 e. The molecule has 1 heterocycles. The number of carbonyl (C=O) groups excluding carboxylic acids is 1. The van der Waals surface area contributed by atoms with E-state index in [1.54, 1.807) is 18.2 Å². The van der Waals surface area contributed by atoms with Gasteiger partial charge < -0.3 is 10.1 Å². The van der Waals surface area contributed by atoms with Gasteiger partial charge in [0.2, 0.25) is 5.91 Å². The zero-order chi connectivity index (χ0) is 13.7. The summed E-state index contributed by atoms with van der Waals surface area (Å²) < 4.78 is 18.9. The van der Waals surface area contributed by atoms with Crippen molar-refractivity contribution in [3.63, 3.8) is 0 Å². The summed E-state index contributed by atoms with van der Waals surface area (Å²) >= 11 is 0. The van der Waals surface area contributed by atoms with Crippen molar-refractivity contribution in [2.24, 2.45) is 0 Å². The van der Waals surface area contributed by atoms with Gasteiger partial charge in [-0.2, -0.15) is 0 Å². The molecular formula is C15H20FNO2. The van der Waals surface area contributed by atoms with E-state index in [-0.39, 0.29) is 23.9 Å². The third-order valence-electron chi connectivity index (χ3n) is 3.49. The summed E-state index contributed by atoms with van der Waals surface area (Å²) in [5, 5.41) is 2.93. The summed E-state index contributed by atoms with van der Waals surface area (Å²) in [4.78, 5) is 11.8. The number of hydrogen-bond donors (Lipinski definition) is 1. The summed E-state index contributed by atoms with van der Waals surface area (Å²) in [5.41, 5.74) is 0.586. The number of amides is 1. The molecule has 1 fully saturated rings. The molecular weight excluding hydrogens is 245 g/mol. The molecule has 3 nitrogen and oxygen atoms in total. The van der Waals surface area contributed by atoms with Gasteiger partial charge in [0, 0.05) is 13.0 Å². The summed E-state index contributed by atoms with van der Waals surface area (Å²) in [6.45, 7) is 2.73. The Morgan fingerprint density at radius 3 is 3.00 bits per heavy atom. The van der Waals surface area contributed by atoms with Gasteiger partial charge in [-0.25, -0.2) is 4.39 Å². The molecule has 0 spiro atoms. The van der Waals surface area contributed by atoms with E-state index in [0.29, 0.717) is 18.4 Å². The van der Waals surface area contributed by atoms with Crippen molar-refractivity contribution >= 4 is 5.91 Å². The van der Waals surface area contributed by atoms with E-state index < -0.39 is 0 Å². The molecule has 0 bridgehead atoms. The van der Waals surface area contributed by atoms with E-state index in [1.807, 2.05) is 6.92 Å². The quantitative estimate of drug-likeness (QED) is 0.888. The lowest BCUT2D eigenvalue weighted by molar-refractivity contribution is -0.122. The first-order valence-electron chi connectivity index (χ1n) is 6.81. The highest BCUT2D eigenvalue weighted by molar-refractivity contribution is 5.76. The number of benzene rings is 1. The lowest BCUT2D eigenvalue weighted by Gasteiger charge is -2.19. The maximum atomic E-state index is 13.4. The van der Waals surface area contributed by atoms with Gasteiger partial charge in [-0.1, -0.05) is 18.2 Å². The molecule has 1 amide bonds. The lowest BCUT2D eigenvalue weighted by atomic mass is 10.1. The monoisotopic (exact) mass is 265 g/mol. The Labute approximate surface area is 113 Å². The van der Waals surface area contributed by atoms with Crippen molar-refractivity contribution < 1.29 is 13.9 Å². The largest absolute Gasteiger partial charge is 0.376 e. The Balaban J connectivity index is 1.77. The average molecular weight is 265 g/mol. The molecule has 0 unspecified atom stereocenters. The van der Waals surface area contributed by atoms with E-state index >= 15 is 0 Å².